The Morgan fingerprint density at radius 2 is 1.81 bits per heavy atom. The molecule has 2 rings (SSSR count). The third kappa shape index (κ3) is 4.84. The molecule has 0 radical (unpaired) electrons. The van der Waals surface area contributed by atoms with Crippen LogP contribution in [-0.4, -0.2) is 19.1 Å². The van der Waals surface area contributed by atoms with E-state index in [1.54, 1.807) is 0 Å². The van der Waals surface area contributed by atoms with Crippen LogP contribution in [0, 0.1) is 0 Å². The van der Waals surface area contributed by atoms with Crippen molar-refractivity contribution in [3.63, 3.8) is 0 Å². The smallest absolute Gasteiger partial charge is 0.255 e. The molecule has 1 amide bonds. The molecule has 0 saturated heterocycles. The summed E-state index contributed by atoms with van der Waals surface area (Å²) in [7, 11) is 0. The molecule has 3 N–H and O–H groups in total. The van der Waals surface area contributed by atoms with E-state index in [4.69, 9.17) is 10.5 Å². The summed E-state index contributed by atoms with van der Waals surface area (Å²) in [5.74, 6) is 0.585. The maximum atomic E-state index is 10.6. The van der Waals surface area contributed by atoms with Crippen molar-refractivity contribution in [1.29, 1.82) is 0 Å². The van der Waals surface area contributed by atoms with Gasteiger partial charge in [-0.05, 0) is 35.7 Å². The van der Waals surface area contributed by atoms with Gasteiger partial charge in [-0.3, -0.25) is 4.79 Å². The van der Waals surface area contributed by atoms with Crippen molar-refractivity contribution in [2.45, 2.75) is 12.8 Å². The fourth-order valence-corrected chi connectivity index (χ4v) is 1.99. The van der Waals surface area contributed by atoms with Crippen LogP contribution >= 0.6 is 0 Å². The van der Waals surface area contributed by atoms with E-state index < -0.39 is 5.91 Å². The Balaban J connectivity index is 1.85. The van der Waals surface area contributed by atoms with Gasteiger partial charge < -0.3 is 15.8 Å². The van der Waals surface area contributed by atoms with E-state index in [0.29, 0.717) is 11.7 Å². The lowest BCUT2D eigenvalue weighted by Crippen LogP contribution is -2.20. The van der Waals surface area contributed by atoms with Gasteiger partial charge in [-0.2, -0.15) is 0 Å². The highest BCUT2D eigenvalue weighted by Gasteiger charge is 2.04. The first kappa shape index (κ1) is 14.9. The van der Waals surface area contributed by atoms with Gasteiger partial charge in [-0.15, -0.1) is 0 Å². The number of ether oxygens (including phenoxy) is 1. The highest BCUT2D eigenvalue weighted by Crippen LogP contribution is 2.18. The molecule has 1 unspecified atom stereocenters. The zero-order valence-electron chi connectivity index (χ0n) is 12.1. The Morgan fingerprint density at radius 3 is 2.43 bits per heavy atom. The second-order valence-electron chi connectivity index (χ2n) is 4.97. The van der Waals surface area contributed by atoms with Gasteiger partial charge in [0.2, 0.25) is 0 Å². The molecule has 0 bridgehead atoms. The third-order valence-electron chi connectivity index (χ3n) is 3.22. The Labute approximate surface area is 124 Å². The lowest BCUT2D eigenvalue weighted by Gasteiger charge is -2.14. The van der Waals surface area contributed by atoms with Gasteiger partial charge in [0.05, 0.1) is 0 Å². The number of nitrogens with one attached hydrogen (secondary N) is 1. The van der Waals surface area contributed by atoms with Crippen molar-refractivity contribution in [2.75, 3.05) is 18.5 Å². The molecule has 1 atom stereocenters. The van der Waals surface area contributed by atoms with Crippen LogP contribution in [0.5, 0.6) is 5.75 Å². The first-order valence-corrected chi connectivity index (χ1v) is 6.95. The van der Waals surface area contributed by atoms with Crippen molar-refractivity contribution in [3.05, 3.63) is 60.2 Å². The highest BCUT2D eigenvalue weighted by molar-refractivity contribution is 5.75. The lowest BCUT2D eigenvalue weighted by atomic mass is 10.0. The van der Waals surface area contributed by atoms with Gasteiger partial charge in [-0.25, -0.2) is 0 Å². The number of hydrogen-bond acceptors (Lipinski definition) is 3. The van der Waals surface area contributed by atoms with Crippen LogP contribution in [0.3, 0.4) is 0 Å². The molecule has 0 spiro atoms. The normalized spacial score (nSPS) is 11.7. The topological polar surface area (TPSA) is 64.3 Å². The number of primary amides is 1. The van der Waals surface area contributed by atoms with Crippen LogP contribution in [0.1, 0.15) is 18.4 Å². The molecule has 21 heavy (non-hydrogen) atoms. The summed E-state index contributed by atoms with van der Waals surface area (Å²) in [4.78, 5) is 10.6. The molecule has 0 aliphatic carbocycles. The average Bonchev–Trinajstić information content (AvgIpc) is 2.52. The minimum atomic E-state index is -0.478. The van der Waals surface area contributed by atoms with E-state index >= 15 is 0 Å². The molecule has 4 heteroatoms. The van der Waals surface area contributed by atoms with Gasteiger partial charge in [0.25, 0.3) is 5.91 Å². The first-order valence-electron chi connectivity index (χ1n) is 6.95. The average molecular weight is 284 g/mol. The largest absolute Gasteiger partial charge is 0.484 e. The van der Waals surface area contributed by atoms with Crippen molar-refractivity contribution in [1.82, 2.24) is 0 Å². The lowest BCUT2D eigenvalue weighted by molar-refractivity contribution is -0.119. The Kier molecular flexibility index (Phi) is 5.21. The molecule has 4 nitrogen and oxygen atoms in total. The maximum absolute atomic E-state index is 10.6. The SMILES string of the molecule is CC(CNc1ccc(OCC(N)=O)cc1)c1ccccc1. The van der Waals surface area contributed by atoms with E-state index in [1.165, 1.54) is 5.56 Å². The summed E-state index contributed by atoms with van der Waals surface area (Å²) in [6.45, 7) is 2.94. The summed E-state index contributed by atoms with van der Waals surface area (Å²) in [5, 5.41) is 3.39. The minimum Gasteiger partial charge on any atom is -0.484 e. The Morgan fingerprint density at radius 1 is 1.14 bits per heavy atom. The zero-order valence-corrected chi connectivity index (χ0v) is 12.1. The number of hydrogen-bond donors (Lipinski definition) is 2. The van der Waals surface area contributed by atoms with E-state index in [-0.39, 0.29) is 6.61 Å². The number of rotatable bonds is 7. The molecule has 2 aromatic rings. The predicted molar refractivity (Wildman–Crippen MR) is 84.5 cm³/mol. The number of benzene rings is 2. The summed E-state index contributed by atoms with van der Waals surface area (Å²) in [6, 6.07) is 17.9. The summed E-state index contributed by atoms with van der Waals surface area (Å²) >= 11 is 0. The van der Waals surface area contributed by atoms with Crippen molar-refractivity contribution < 1.29 is 9.53 Å². The van der Waals surface area contributed by atoms with E-state index in [0.717, 1.165) is 12.2 Å². The molecule has 0 aliphatic heterocycles. The minimum absolute atomic E-state index is 0.0994. The van der Waals surface area contributed by atoms with Crippen LogP contribution in [0.25, 0.3) is 0 Å². The molecule has 2 aromatic carbocycles. The van der Waals surface area contributed by atoms with Crippen LogP contribution in [0.15, 0.2) is 54.6 Å². The van der Waals surface area contributed by atoms with E-state index in [9.17, 15) is 4.79 Å². The monoisotopic (exact) mass is 284 g/mol. The third-order valence-corrected chi connectivity index (χ3v) is 3.22. The van der Waals surface area contributed by atoms with Crippen LogP contribution in [-0.2, 0) is 4.79 Å². The number of nitrogens with two attached hydrogens (primary N) is 1. The van der Waals surface area contributed by atoms with Gasteiger partial charge in [0, 0.05) is 12.2 Å². The zero-order chi connectivity index (χ0) is 15.1. The molecule has 0 fully saturated rings. The standard InChI is InChI=1S/C17H20N2O2/c1-13(14-5-3-2-4-6-14)11-19-15-7-9-16(10-8-15)21-12-17(18)20/h2-10,13,19H,11-12H2,1H3,(H2,18,20). The van der Waals surface area contributed by atoms with Gasteiger partial charge in [0.1, 0.15) is 5.75 Å². The molecule has 0 heterocycles. The van der Waals surface area contributed by atoms with E-state index in [1.807, 2.05) is 30.3 Å². The molecule has 110 valence electrons. The van der Waals surface area contributed by atoms with Crippen molar-refractivity contribution in [3.8, 4) is 5.75 Å². The van der Waals surface area contributed by atoms with E-state index in [2.05, 4.69) is 36.5 Å². The van der Waals surface area contributed by atoms with Gasteiger partial charge >= 0.3 is 0 Å². The van der Waals surface area contributed by atoms with Crippen molar-refractivity contribution >= 4 is 11.6 Å². The van der Waals surface area contributed by atoms with Gasteiger partial charge in [0.15, 0.2) is 6.61 Å². The number of carbonyl (C=O) groups is 1. The van der Waals surface area contributed by atoms with Crippen LogP contribution in [0.2, 0.25) is 0 Å². The molecule has 0 aliphatic rings. The number of anilines is 1. The van der Waals surface area contributed by atoms with Crippen LogP contribution < -0.4 is 15.8 Å². The first-order chi connectivity index (χ1) is 10.1. The quantitative estimate of drug-likeness (QED) is 0.821. The van der Waals surface area contributed by atoms with Crippen molar-refractivity contribution in [2.24, 2.45) is 5.73 Å². The summed E-state index contributed by atoms with van der Waals surface area (Å²) in [6.07, 6.45) is 0. The highest BCUT2D eigenvalue weighted by atomic mass is 16.5. The fourth-order valence-electron chi connectivity index (χ4n) is 1.99. The molecule has 0 aromatic heterocycles. The fraction of sp³-hybridized carbons (Fsp3) is 0.235. The number of amides is 1. The summed E-state index contributed by atoms with van der Waals surface area (Å²) < 4.78 is 5.22. The Hall–Kier alpha value is -2.49. The second kappa shape index (κ2) is 7.33. The molecule has 0 saturated carbocycles. The second-order valence-corrected chi connectivity index (χ2v) is 4.97. The summed E-state index contributed by atoms with van der Waals surface area (Å²) in [5.41, 5.74) is 7.36. The van der Waals surface area contributed by atoms with Gasteiger partial charge in [-0.1, -0.05) is 37.3 Å². The van der Waals surface area contributed by atoms with Crippen LogP contribution in [0.4, 0.5) is 5.69 Å². The number of carbonyl (C=O) groups excluding carboxylic acids is 1. The Bertz CT molecular complexity index is 567. The predicted octanol–water partition coefficient (Wildman–Crippen LogP) is 2.77. The molecular weight excluding hydrogens is 264 g/mol. The maximum Gasteiger partial charge on any atom is 0.255 e. The molecular formula is C17H20N2O2.